The number of nitrogens with one attached hydrogen (secondary N) is 2. The highest BCUT2D eigenvalue weighted by Crippen LogP contribution is 2.15. The molecule has 0 aliphatic carbocycles. The van der Waals surface area contributed by atoms with Crippen LogP contribution in [0, 0.1) is 5.82 Å². The van der Waals surface area contributed by atoms with Gasteiger partial charge in [-0.25, -0.2) is 9.18 Å². The van der Waals surface area contributed by atoms with Gasteiger partial charge in [-0.2, -0.15) is 0 Å². The van der Waals surface area contributed by atoms with Crippen molar-refractivity contribution < 1.29 is 13.9 Å². The molecule has 1 fully saturated rings. The van der Waals surface area contributed by atoms with Crippen LogP contribution in [0.3, 0.4) is 0 Å². The van der Waals surface area contributed by atoms with Crippen LogP contribution < -0.4 is 16.4 Å². The second kappa shape index (κ2) is 5.79. The predicted molar refractivity (Wildman–Crippen MR) is 65.7 cm³/mol. The van der Waals surface area contributed by atoms with E-state index in [4.69, 9.17) is 10.5 Å². The molecule has 0 aromatic heterocycles. The maximum Gasteiger partial charge on any atom is 0.319 e. The van der Waals surface area contributed by atoms with E-state index < -0.39 is 11.8 Å². The van der Waals surface area contributed by atoms with Crippen molar-refractivity contribution in [3.8, 4) is 0 Å². The first kappa shape index (κ1) is 12.8. The highest BCUT2D eigenvalue weighted by Gasteiger charge is 2.18. The number of halogens is 1. The zero-order chi connectivity index (χ0) is 13.0. The molecule has 0 bridgehead atoms. The van der Waals surface area contributed by atoms with Crippen LogP contribution in [0.25, 0.3) is 0 Å². The number of anilines is 1. The topological polar surface area (TPSA) is 76.4 Å². The number of carbonyl (C=O) groups is 1. The summed E-state index contributed by atoms with van der Waals surface area (Å²) in [6.07, 6.45) is 0.780. The van der Waals surface area contributed by atoms with Gasteiger partial charge in [-0.3, -0.25) is 0 Å². The molecule has 1 aliphatic heterocycles. The molecular weight excluding hydrogens is 237 g/mol. The van der Waals surface area contributed by atoms with Crippen LogP contribution in [0.1, 0.15) is 12.0 Å². The van der Waals surface area contributed by atoms with Crippen molar-refractivity contribution in [1.82, 2.24) is 5.32 Å². The lowest BCUT2D eigenvalue weighted by Gasteiger charge is -2.12. The van der Waals surface area contributed by atoms with E-state index in [0.29, 0.717) is 18.8 Å². The summed E-state index contributed by atoms with van der Waals surface area (Å²) in [6, 6.07) is 4.06. The lowest BCUT2D eigenvalue weighted by molar-refractivity contribution is 0.189. The highest BCUT2D eigenvalue weighted by molar-refractivity contribution is 5.89. The van der Waals surface area contributed by atoms with E-state index in [1.165, 1.54) is 12.1 Å². The molecule has 6 heteroatoms. The number of rotatable bonds is 3. The van der Waals surface area contributed by atoms with Crippen LogP contribution in [0.15, 0.2) is 18.2 Å². The number of ether oxygens (including phenoxy) is 1. The maximum atomic E-state index is 13.6. The SMILES string of the molecule is NCc1ccc(NC(=O)NC2CCOC2)c(F)c1. The van der Waals surface area contributed by atoms with Crippen LogP contribution in [-0.4, -0.2) is 25.3 Å². The third-order valence-electron chi connectivity index (χ3n) is 2.78. The second-order valence-electron chi connectivity index (χ2n) is 4.18. The van der Waals surface area contributed by atoms with Crippen molar-refractivity contribution in [3.63, 3.8) is 0 Å². The van der Waals surface area contributed by atoms with Crippen molar-refractivity contribution in [2.45, 2.75) is 19.0 Å². The number of urea groups is 1. The predicted octanol–water partition coefficient (Wildman–Crippen LogP) is 1.19. The molecular formula is C12H16FN3O2. The molecule has 4 N–H and O–H groups in total. The summed E-state index contributed by atoms with van der Waals surface area (Å²) in [6.45, 7) is 1.41. The van der Waals surface area contributed by atoms with Gasteiger partial charge in [0, 0.05) is 13.2 Å². The Bertz CT molecular complexity index is 433. The lowest BCUT2D eigenvalue weighted by atomic mass is 10.2. The van der Waals surface area contributed by atoms with Gasteiger partial charge in [-0.05, 0) is 24.1 Å². The molecule has 2 amide bonds. The van der Waals surface area contributed by atoms with E-state index in [-0.39, 0.29) is 18.3 Å². The molecule has 5 nitrogen and oxygen atoms in total. The third kappa shape index (κ3) is 3.18. The van der Waals surface area contributed by atoms with Crippen LogP contribution in [0.5, 0.6) is 0 Å². The fourth-order valence-electron chi connectivity index (χ4n) is 1.78. The molecule has 1 aromatic rings. The standard InChI is InChI=1S/C12H16FN3O2/c13-10-5-8(6-14)1-2-11(10)16-12(17)15-9-3-4-18-7-9/h1-2,5,9H,3-4,6-7,14H2,(H2,15,16,17). The Hall–Kier alpha value is -1.66. The molecule has 98 valence electrons. The van der Waals surface area contributed by atoms with Crippen molar-refractivity contribution in [1.29, 1.82) is 0 Å². The lowest BCUT2D eigenvalue weighted by Crippen LogP contribution is -2.38. The molecule has 1 aliphatic rings. The summed E-state index contributed by atoms with van der Waals surface area (Å²) in [5.41, 5.74) is 6.22. The van der Waals surface area contributed by atoms with E-state index >= 15 is 0 Å². The Morgan fingerprint density at radius 2 is 2.39 bits per heavy atom. The van der Waals surface area contributed by atoms with Crippen LogP contribution in [-0.2, 0) is 11.3 Å². The highest BCUT2D eigenvalue weighted by atomic mass is 19.1. The fourth-order valence-corrected chi connectivity index (χ4v) is 1.78. The zero-order valence-electron chi connectivity index (χ0n) is 9.91. The summed E-state index contributed by atoms with van der Waals surface area (Å²) in [4.78, 5) is 11.6. The van der Waals surface area contributed by atoms with Crippen molar-refractivity contribution in [3.05, 3.63) is 29.6 Å². The number of amides is 2. The number of hydrogen-bond acceptors (Lipinski definition) is 3. The molecule has 0 radical (unpaired) electrons. The zero-order valence-corrected chi connectivity index (χ0v) is 9.91. The van der Waals surface area contributed by atoms with E-state index in [9.17, 15) is 9.18 Å². The molecule has 0 saturated carbocycles. The van der Waals surface area contributed by atoms with E-state index in [1.54, 1.807) is 6.07 Å². The Labute approximate surface area is 104 Å². The first-order valence-corrected chi connectivity index (χ1v) is 5.83. The third-order valence-corrected chi connectivity index (χ3v) is 2.78. The summed E-state index contributed by atoms with van der Waals surface area (Å²) in [5.74, 6) is -0.490. The van der Waals surface area contributed by atoms with Gasteiger partial charge >= 0.3 is 6.03 Å². The molecule has 1 heterocycles. The second-order valence-corrected chi connectivity index (χ2v) is 4.18. The van der Waals surface area contributed by atoms with Crippen LogP contribution in [0.4, 0.5) is 14.9 Å². The smallest absolute Gasteiger partial charge is 0.319 e. The van der Waals surface area contributed by atoms with Crippen LogP contribution >= 0.6 is 0 Å². The molecule has 1 aromatic carbocycles. The summed E-state index contributed by atoms with van der Waals surface area (Å²) < 4.78 is 18.7. The van der Waals surface area contributed by atoms with Gasteiger partial charge < -0.3 is 21.1 Å². The molecule has 1 atom stereocenters. The van der Waals surface area contributed by atoms with Gasteiger partial charge in [0.25, 0.3) is 0 Å². The molecule has 1 saturated heterocycles. The maximum absolute atomic E-state index is 13.6. The van der Waals surface area contributed by atoms with Gasteiger partial charge in [0.15, 0.2) is 0 Å². The van der Waals surface area contributed by atoms with Crippen molar-refractivity contribution >= 4 is 11.7 Å². The molecule has 0 spiro atoms. The quantitative estimate of drug-likeness (QED) is 0.757. The van der Waals surface area contributed by atoms with Gasteiger partial charge in [0.05, 0.1) is 18.3 Å². The van der Waals surface area contributed by atoms with E-state index in [2.05, 4.69) is 10.6 Å². The average Bonchev–Trinajstić information content (AvgIpc) is 2.84. The Morgan fingerprint density at radius 1 is 1.56 bits per heavy atom. The number of carbonyl (C=O) groups excluding carboxylic acids is 1. The number of hydrogen-bond donors (Lipinski definition) is 3. The van der Waals surface area contributed by atoms with Crippen LogP contribution in [0.2, 0.25) is 0 Å². The largest absolute Gasteiger partial charge is 0.379 e. The minimum atomic E-state index is -0.490. The van der Waals surface area contributed by atoms with Crippen molar-refractivity contribution in [2.75, 3.05) is 18.5 Å². The Balaban J connectivity index is 1.93. The minimum absolute atomic E-state index is 0.00336. The molecule has 2 rings (SSSR count). The number of benzene rings is 1. The Kier molecular flexibility index (Phi) is 4.11. The van der Waals surface area contributed by atoms with E-state index in [0.717, 1.165) is 6.42 Å². The summed E-state index contributed by atoms with van der Waals surface area (Å²) in [5, 5.41) is 5.18. The number of nitrogens with two attached hydrogens (primary N) is 1. The first-order valence-electron chi connectivity index (χ1n) is 5.83. The first-order chi connectivity index (χ1) is 8.69. The van der Waals surface area contributed by atoms with Crippen molar-refractivity contribution in [2.24, 2.45) is 5.73 Å². The minimum Gasteiger partial charge on any atom is -0.379 e. The summed E-state index contributed by atoms with van der Waals surface area (Å²) >= 11 is 0. The van der Waals surface area contributed by atoms with Gasteiger partial charge in [0.2, 0.25) is 0 Å². The van der Waals surface area contributed by atoms with E-state index in [1.807, 2.05) is 0 Å². The van der Waals surface area contributed by atoms with Gasteiger partial charge in [-0.1, -0.05) is 6.07 Å². The fraction of sp³-hybridized carbons (Fsp3) is 0.417. The van der Waals surface area contributed by atoms with Gasteiger partial charge in [-0.15, -0.1) is 0 Å². The normalized spacial score (nSPS) is 18.7. The average molecular weight is 253 g/mol. The molecule has 1 unspecified atom stereocenters. The van der Waals surface area contributed by atoms with Gasteiger partial charge in [0.1, 0.15) is 5.82 Å². The molecule has 18 heavy (non-hydrogen) atoms. The summed E-state index contributed by atoms with van der Waals surface area (Å²) in [7, 11) is 0. The monoisotopic (exact) mass is 253 g/mol. The Morgan fingerprint density at radius 3 is 3.00 bits per heavy atom.